The molecular weight excluding hydrogens is 354 g/mol. The zero-order chi connectivity index (χ0) is 19.7. The van der Waals surface area contributed by atoms with Crippen LogP contribution in [0.1, 0.15) is 25.8 Å². The summed E-state index contributed by atoms with van der Waals surface area (Å²) in [6.07, 6.45) is 8.01. The van der Waals surface area contributed by atoms with Crippen LogP contribution in [0.5, 0.6) is 5.88 Å². The van der Waals surface area contributed by atoms with Gasteiger partial charge in [-0.15, -0.1) is 0 Å². The second kappa shape index (κ2) is 7.49. The van der Waals surface area contributed by atoms with Gasteiger partial charge in [-0.2, -0.15) is 5.26 Å². The molecule has 1 fully saturated rings. The molecule has 1 saturated heterocycles. The van der Waals surface area contributed by atoms with Crippen molar-refractivity contribution in [3.63, 3.8) is 0 Å². The fourth-order valence-corrected chi connectivity index (χ4v) is 3.50. The lowest BCUT2D eigenvalue weighted by Gasteiger charge is -2.45. The summed E-state index contributed by atoms with van der Waals surface area (Å²) in [6.45, 7) is 5.58. The van der Waals surface area contributed by atoms with E-state index in [1.807, 2.05) is 31.4 Å². The lowest BCUT2D eigenvalue weighted by atomic mass is 9.96. The molecule has 1 amide bonds. The smallest absolute Gasteiger partial charge is 0.272 e. The molecule has 0 aliphatic carbocycles. The summed E-state index contributed by atoms with van der Waals surface area (Å²) in [6, 6.07) is 5.56. The Morgan fingerprint density at radius 3 is 2.93 bits per heavy atom. The topological polar surface area (TPSA) is 90.9 Å². The third-order valence-electron chi connectivity index (χ3n) is 5.33. The average molecular weight is 375 g/mol. The van der Waals surface area contributed by atoms with E-state index in [9.17, 15) is 4.79 Å². The van der Waals surface area contributed by atoms with Crippen LogP contribution in [0.2, 0.25) is 0 Å². The van der Waals surface area contributed by atoms with Gasteiger partial charge in [-0.25, -0.2) is 9.98 Å². The molecule has 1 unspecified atom stereocenters. The van der Waals surface area contributed by atoms with E-state index in [4.69, 9.17) is 10.00 Å². The second-order valence-corrected chi connectivity index (χ2v) is 7.15. The first kappa shape index (κ1) is 18.3. The Labute approximate surface area is 163 Å². The Bertz CT molecular complexity index is 952. The van der Waals surface area contributed by atoms with E-state index in [2.05, 4.69) is 26.8 Å². The van der Waals surface area contributed by atoms with Crippen LogP contribution in [0.25, 0.3) is 0 Å². The highest BCUT2D eigenvalue weighted by Gasteiger charge is 2.38. The van der Waals surface area contributed by atoms with Crippen LogP contribution >= 0.6 is 0 Å². The molecule has 3 aliphatic rings. The Balaban J connectivity index is 1.34. The lowest BCUT2D eigenvalue weighted by Crippen LogP contribution is -2.61. The molecule has 7 nitrogen and oxygen atoms in total. The standard InChI is InChI=1S/C21H21N5O2/c1-3-16-7-17-18(25-21(16)27)6-15(10-23-17)11-26-12-19(13(26)2)28-20-5-4-14(8-22)9-24-20/h4-7,9-10,13,17,19H,3,11-12H2,1-2H3/t13-,17?,19+/m1/s1. The SMILES string of the molecule is CCC1=CC2N=CC(CN3C[C@H](Oc4ccc(C#N)cn4)[C@H]3C)=CC2=NC1=O. The molecule has 4 rings (SSSR count). The zero-order valence-electron chi connectivity index (χ0n) is 15.9. The number of aromatic nitrogens is 1. The maximum Gasteiger partial charge on any atom is 0.272 e. The van der Waals surface area contributed by atoms with Gasteiger partial charge in [0.2, 0.25) is 5.88 Å². The number of amides is 1. The van der Waals surface area contributed by atoms with Crippen molar-refractivity contribution in [1.82, 2.24) is 9.88 Å². The quantitative estimate of drug-likeness (QED) is 0.786. The maximum atomic E-state index is 12.0. The number of carbonyl (C=O) groups excluding carboxylic acids is 1. The molecule has 0 aromatic carbocycles. The van der Waals surface area contributed by atoms with Gasteiger partial charge >= 0.3 is 0 Å². The van der Waals surface area contributed by atoms with E-state index >= 15 is 0 Å². The van der Waals surface area contributed by atoms with Crippen molar-refractivity contribution in [2.24, 2.45) is 9.98 Å². The molecular formula is C21H21N5O2. The van der Waals surface area contributed by atoms with Crippen LogP contribution in [0.15, 0.2) is 51.6 Å². The highest BCUT2D eigenvalue weighted by molar-refractivity contribution is 6.16. The van der Waals surface area contributed by atoms with Crippen molar-refractivity contribution in [2.45, 2.75) is 38.5 Å². The minimum Gasteiger partial charge on any atom is -0.471 e. The molecule has 3 atom stereocenters. The van der Waals surface area contributed by atoms with Gasteiger partial charge in [0, 0.05) is 43.2 Å². The van der Waals surface area contributed by atoms with Gasteiger partial charge in [0.1, 0.15) is 18.2 Å². The van der Waals surface area contributed by atoms with Gasteiger partial charge in [0.05, 0.1) is 11.3 Å². The minimum absolute atomic E-state index is 0.0537. The Kier molecular flexibility index (Phi) is 4.88. The fourth-order valence-electron chi connectivity index (χ4n) is 3.50. The number of fused-ring (bicyclic) bond motifs is 1. The largest absolute Gasteiger partial charge is 0.471 e. The fraction of sp³-hybridized carbons (Fsp3) is 0.381. The molecule has 3 aliphatic heterocycles. The van der Waals surface area contributed by atoms with Crippen molar-refractivity contribution in [3.8, 4) is 11.9 Å². The van der Waals surface area contributed by atoms with Gasteiger partial charge in [0.15, 0.2) is 0 Å². The summed E-state index contributed by atoms with van der Waals surface area (Å²) >= 11 is 0. The molecule has 142 valence electrons. The van der Waals surface area contributed by atoms with E-state index < -0.39 is 0 Å². The first-order valence-electron chi connectivity index (χ1n) is 9.41. The predicted octanol–water partition coefficient (Wildman–Crippen LogP) is 2.10. The highest BCUT2D eigenvalue weighted by atomic mass is 16.5. The number of nitrogens with zero attached hydrogens (tertiary/aromatic N) is 5. The molecule has 0 radical (unpaired) electrons. The van der Waals surface area contributed by atoms with Crippen molar-refractivity contribution < 1.29 is 9.53 Å². The van der Waals surface area contributed by atoms with E-state index in [0.717, 1.165) is 29.9 Å². The van der Waals surface area contributed by atoms with E-state index in [0.29, 0.717) is 17.9 Å². The van der Waals surface area contributed by atoms with Gasteiger partial charge in [0.25, 0.3) is 5.91 Å². The van der Waals surface area contributed by atoms with Crippen LogP contribution in [-0.2, 0) is 4.79 Å². The Morgan fingerprint density at radius 2 is 2.25 bits per heavy atom. The molecule has 7 heteroatoms. The minimum atomic E-state index is -0.151. The van der Waals surface area contributed by atoms with Crippen LogP contribution in [0.3, 0.4) is 0 Å². The summed E-state index contributed by atoms with van der Waals surface area (Å²) in [5.74, 6) is 0.382. The molecule has 4 heterocycles. The van der Waals surface area contributed by atoms with Gasteiger partial charge < -0.3 is 4.74 Å². The van der Waals surface area contributed by atoms with Gasteiger partial charge in [-0.05, 0) is 37.1 Å². The lowest BCUT2D eigenvalue weighted by molar-refractivity contribution is -0.114. The van der Waals surface area contributed by atoms with E-state index in [1.54, 1.807) is 12.1 Å². The average Bonchev–Trinajstić information content (AvgIpc) is 2.72. The first-order valence-corrected chi connectivity index (χ1v) is 9.41. The first-order chi connectivity index (χ1) is 13.6. The van der Waals surface area contributed by atoms with Crippen LogP contribution in [0, 0.1) is 11.3 Å². The molecule has 28 heavy (non-hydrogen) atoms. The second-order valence-electron chi connectivity index (χ2n) is 7.15. The predicted molar refractivity (Wildman–Crippen MR) is 106 cm³/mol. The Hall–Kier alpha value is -3.11. The summed E-state index contributed by atoms with van der Waals surface area (Å²) in [5, 5.41) is 8.83. The monoisotopic (exact) mass is 375 g/mol. The number of hydrogen-bond donors (Lipinski definition) is 0. The number of hydrogen-bond acceptors (Lipinski definition) is 6. The molecule has 0 saturated carbocycles. The third kappa shape index (κ3) is 3.51. The molecule has 1 aromatic heterocycles. The number of rotatable bonds is 5. The van der Waals surface area contributed by atoms with Crippen molar-refractivity contribution in [3.05, 3.63) is 47.2 Å². The van der Waals surface area contributed by atoms with Crippen LogP contribution in [-0.4, -0.2) is 59.0 Å². The third-order valence-corrected chi connectivity index (χ3v) is 5.33. The van der Waals surface area contributed by atoms with E-state index in [-0.39, 0.29) is 24.1 Å². The zero-order valence-corrected chi connectivity index (χ0v) is 15.9. The van der Waals surface area contributed by atoms with Crippen molar-refractivity contribution in [1.29, 1.82) is 5.26 Å². The van der Waals surface area contributed by atoms with Crippen LogP contribution in [0.4, 0.5) is 0 Å². The molecule has 0 bridgehead atoms. The number of dihydropyridines is 2. The highest BCUT2D eigenvalue weighted by Crippen LogP contribution is 2.25. The van der Waals surface area contributed by atoms with Gasteiger partial charge in [-0.3, -0.25) is 14.7 Å². The molecule has 0 spiro atoms. The summed E-state index contributed by atoms with van der Waals surface area (Å²) in [4.78, 5) is 27.2. The molecule has 0 N–H and O–H groups in total. The number of likely N-dealkylation sites (tertiary alicyclic amines) is 1. The normalized spacial score (nSPS) is 26.4. The number of carbonyl (C=O) groups is 1. The number of nitriles is 1. The van der Waals surface area contributed by atoms with Gasteiger partial charge in [-0.1, -0.05) is 6.92 Å². The van der Waals surface area contributed by atoms with E-state index in [1.165, 1.54) is 6.20 Å². The summed E-state index contributed by atoms with van der Waals surface area (Å²) < 4.78 is 5.91. The molecule has 1 aromatic rings. The Morgan fingerprint density at radius 1 is 1.39 bits per heavy atom. The maximum absolute atomic E-state index is 12.0. The number of ether oxygens (including phenoxy) is 1. The summed E-state index contributed by atoms with van der Waals surface area (Å²) in [7, 11) is 0. The van der Waals surface area contributed by atoms with Crippen molar-refractivity contribution >= 4 is 17.8 Å². The van der Waals surface area contributed by atoms with Crippen LogP contribution < -0.4 is 4.74 Å². The number of aliphatic imine (C=N–C) groups is 2. The summed E-state index contributed by atoms with van der Waals surface area (Å²) in [5.41, 5.74) is 3.01. The number of pyridine rings is 1. The van der Waals surface area contributed by atoms with Crippen molar-refractivity contribution in [2.75, 3.05) is 13.1 Å².